The minimum absolute atomic E-state index is 0.368. The second-order valence-corrected chi connectivity index (χ2v) is 7.17. The van der Waals surface area contributed by atoms with Gasteiger partial charge in [-0.2, -0.15) is 9.48 Å². The van der Waals surface area contributed by atoms with Crippen LogP contribution in [0.15, 0.2) is 29.1 Å². The third kappa shape index (κ3) is 3.59. The van der Waals surface area contributed by atoms with Gasteiger partial charge in [-0.05, 0) is 59.4 Å². The average Bonchev–Trinajstić information content (AvgIpc) is 2.97. The lowest BCUT2D eigenvalue weighted by Crippen LogP contribution is -2.25. The molecule has 0 atom stereocenters. The summed E-state index contributed by atoms with van der Waals surface area (Å²) in [6.07, 6.45) is 1.30. The predicted molar refractivity (Wildman–Crippen MR) is 109 cm³/mol. The molecular formula is C19H21Cl2N5O. The maximum atomic E-state index is 12.6. The Labute approximate surface area is 167 Å². The van der Waals surface area contributed by atoms with Gasteiger partial charge in [0.05, 0.1) is 12.2 Å². The van der Waals surface area contributed by atoms with Crippen LogP contribution in [0.5, 0.6) is 0 Å². The molecule has 1 heterocycles. The Morgan fingerprint density at radius 3 is 2.26 bits per heavy atom. The molecular weight excluding hydrogens is 385 g/mol. The number of rotatable bonds is 5. The number of aromatic nitrogens is 4. The molecule has 3 rings (SSSR count). The minimum atomic E-state index is -0.468. The zero-order chi connectivity index (χ0) is 19.7. The summed E-state index contributed by atoms with van der Waals surface area (Å²) in [6, 6.07) is 7.45. The van der Waals surface area contributed by atoms with Gasteiger partial charge in [-0.3, -0.25) is 0 Å². The van der Waals surface area contributed by atoms with Gasteiger partial charge in [0, 0.05) is 15.7 Å². The van der Waals surface area contributed by atoms with Crippen LogP contribution in [0.4, 0.5) is 5.69 Å². The van der Waals surface area contributed by atoms with E-state index in [-0.39, 0.29) is 0 Å². The fourth-order valence-corrected chi connectivity index (χ4v) is 3.93. The van der Waals surface area contributed by atoms with E-state index in [1.165, 1.54) is 9.48 Å². The first-order chi connectivity index (χ1) is 12.9. The van der Waals surface area contributed by atoms with Crippen molar-refractivity contribution in [2.45, 2.75) is 40.2 Å². The second-order valence-electron chi connectivity index (χ2n) is 6.36. The summed E-state index contributed by atoms with van der Waals surface area (Å²) in [5.74, 6) is 0. The molecule has 0 aliphatic heterocycles. The zero-order valence-electron chi connectivity index (χ0n) is 15.5. The van der Waals surface area contributed by atoms with E-state index in [0.29, 0.717) is 35.1 Å². The Morgan fingerprint density at radius 1 is 1.07 bits per heavy atom. The van der Waals surface area contributed by atoms with Crippen molar-refractivity contribution in [3.8, 4) is 5.69 Å². The number of nitrogens with zero attached hydrogens (tertiary/aromatic N) is 4. The van der Waals surface area contributed by atoms with Crippen molar-refractivity contribution in [3.05, 3.63) is 67.0 Å². The van der Waals surface area contributed by atoms with Crippen LogP contribution in [-0.4, -0.2) is 19.8 Å². The lowest BCUT2D eigenvalue weighted by atomic mass is 10.0. The monoisotopic (exact) mass is 405 g/mol. The molecule has 142 valence electrons. The predicted octanol–water partition coefficient (Wildman–Crippen LogP) is 3.80. The third-order valence-electron chi connectivity index (χ3n) is 4.62. The Balaban J connectivity index is 2.21. The number of anilines is 1. The average molecular weight is 406 g/mol. The highest BCUT2D eigenvalue weighted by molar-refractivity contribution is 6.36. The first-order valence-electron chi connectivity index (χ1n) is 8.75. The molecule has 0 radical (unpaired) electrons. The number of aryl methyl sites for hydroxylation is 1. The molecule has 8 heteroatoms. The maximum absolute atomic E-state index is 12.6. The van der Waals surface area contributed by atoms with Gasteiger partial charge in [0.1, 0.15) is 0 Å². The molecule has 0 aliphatic rings. The van der Waals surface area contributed by atoms with Crippen LogP contribution in [0, 0.1) is 6.92 Å². The molecule has 3 aromatic rings. The molecule has 2 aromatic carbocycles. The lowest BCUT2D eigenvalue weighted by molar-refractivity contribution is 0.509. The van der Waals surface area contributed by atoms with Crippen molar-refractivity contribution < 1.29 is 0 Å². The highest BCUT2D eigenvalue weighted by Crippen LogP contribution is 2.33. The van der Waals surface area contributed by atoms with Gasteiger partial charge < -0.3 is 5.73 Å². The largest absolute Gasteiger partial charge is 0.399 e. The van der Waals surface area contributed by atoms with Crippen LogP contribution < -0.4 is 11.4 Å². The van der Waals surface area contributed by atoms with E-state index in [1.54, 1.807) is 6.07 Å². The Kier molecular flexibility index (Phi) is 5.58. The van der Waals surface area contributed by atoms with Gasteiger partial charge in [-0.25, -0.2) is 4.79 Å². The summed E-state index contributed by atoms with van der Waals surface area (Å²) in [6.45, 7) is 6.28. The Hall–Kier alpha value is -2.31. The summed E-state index contributed by atoms with van der Waals surface area (Å²) >= 11 is 12.8. The lowest BCUT2D eigenvalue weighted by Gasteiger charge is -2.18. The molecule has 6 nitrogen and oxygen atoms in total. The smallest absolute Gasteiger partial charge is 0.388 e. The van der Waals surface area contributed by atoms with E-state index >= 15 is 0 Å². The van der Waals surface area contributed by atoms with Crippen LogP contribution in [0.3, 0.4) is 0 Å². The number of hydrogen-bond donors (Lipinski definition) is 1. The van der Waals surface area contributed by atoms with Crippen LogP contribution in [0.2, 0.25) is 10.0 Å². The number of halogens is 2. The van der Waals surface area contributed by atoms with E-state index in [2.05, 4.69) is 10.3 Å². The van der Waals surface area contributed by atoms with Gasteiger partial charge in [0.15, 0.2) is 0 Å². The topological polar surface area (TPSA) is 78.7 Å². The van der Waals surface area contributed by atoms with Crippen molar-refractivity contribution in [3.63, 3.8) is 0 Å². The fourth-order valence-electron chi connectivity index (χ4n) is 3.21. The highest BCUT2D eigenvalue weighted by atomic mass is 35.5. The first kappa shape index (κ1) is 19.5. The van der Waals surface area contributed by atoms with E-state index < -0.39 is 5.69 Å². The minimum Gasteiger partial charge on any atom is -0.399 e. The second kappa shape index (κ2) is 7.74. The van der Waals surface area contributed by atoms with Crippen LogP contribution >= 0.6 is 23.2 Å². The van der Waals surface area contributed by atoms with E-state index in [0.717, 1.165) is 27.9 Å². The molecule has 0 amide bonds. The first-order valence-corrected chi connectivity index (χ1v) is 9.50. The van der Waals surface area contributed by atoms with Gasteiger partial charge in [0.25, 0.3) is 0 Å². The molecule has 1 aromatic heterocycles. The van der Waals surface area contributed by atoms with Crippen molar-refractivity contribution in [1.29, 1.82) is 0 Å². The molecule has 0 aliphatic carbocycles. The standard InChI is InChI=1S/C19H21Cl2N5O/c1-4-13-15(20)9-16(21)14(5-2)18(13)26-19(27)23-24-25(26)10-12-6-7-17(22)11(3)8-12/h6-9H,4-5,10,22H2,1-3H3. The summed E-state index contributed by atoms with van der Waals surface area (Å²) in [5, 5.41) is 8.85. The third-order valence-corrected chi connectivity index (χ3v) is 5.30. The summed E-state index contributed by atoms with van der Waals surface area (Å²) in [4.78, 5) is 14.1. The van der Waals surface area contributed by atoms with Crippen molar-refractivity contribution >= 4 is 28.9 Å². The van der Waals surface area contributed by atoms with Gasteiger partial charge in [-0.1, -0.05) is 54.3 Å². The van der Waals surface area contributed by atoms with Crippen molar-refractivity contribution in [1.82, 2.24) is 19.8 Å². The number of benzene rings is 2. The fraction of sp³-hybridized carbons (Fsp3) is 0.316. The summed E-state index contributed by atoms with van der Waals surface area (Å²) < 4.78 is 1.46. The van der Waals surface area contributed by atoms with Crippen LogP contribution in [0.25, 0.3) is 5.69 Å². The van der Waals surface area contributed by atoms with Crippen LogP contribution in [-0.2, 0) is 19.4 Å². The zero-order valence-corrected chi connectivity index (χ0v) is 17.0. The van der Waals surface area contributed by atoms with E-state index in [1.807, 2.05) is 39.0 Å². The summed E-state index contributed by atoms with van der Waals surface area (Å²) in [5.41, 5.74) is 10.4. The number of hydrogen-bond acceptors (Lipinski definition) is 4. The SMILES string of the molecule is CCc1c(Cl)cc(Cl)c(CC)c1-n1c(=O)nnn1Cc1ccc(N)c(C)c1. The quantitative estimate of drug-likeness (QED) is 0.654. The Bertz CT molecular complexity index is 1030. The van der Waals surface area contributed by atoms with Crippen LogP contribution in [0.1, 0.15) is 36.1 Å². The molecule has 27 heavy (non-hydrogen) atoms. The van der Waals surface area contributed by atoms with Gasteiger partial charge in [0.2, 0.25) is 0 Å². The molecule has 0 saturated heterocycles. The highest BCUT2D eigenvalue weighted by Gasteiger charge is 2.21. The molecule has 0 spiro atoms. The van der Waals surface area contributed by atoms with Crippen molar-refractivity contribution in [2.75, 3.05) is 5.73 Å². The summed E-state index contributed by atoms with van der Waals surface area (Å²) in [7, 11) is 0. The maximum Gasteiger partial charge on any atom is 0.388 e. The van der Waals surface area contributed by atoms with Gasteiger partial charge in [-0.15, -0.1) is 0 Å². The van der Waals surface area contributed by atoms with Gasteiger partial charge >= 0.3 is 5.69 Å². The molecule has 2 N–H and O–H groups in total. The molecule has 0 saturated carbocycles. The number of tetrazole rings is 1. The van der Waals surface area contributed by atoms with E-state index in [9.17, 15) is 4.79 Å². The molecule has 0 fully saturated rings. The normalized spacial score (nSPS) is 11.1. The van der Waals surface area contributed by atoms with E-state index in [4.69, 9.17) is 28.9 Å². The molecule has 0 unspecified atom stereocenters. The van der Waals surface area contributed by atoms with Crippen molar-refractivity contribution in [2.24, 2.45) is 0 Å². The number of nitrogen functional groups attached to an aromatic ring is 1. The molecule has 0 bridgehead atoms. The number of nitrogens with two attached hydrogens (primary N) is 1. The Morgan fingerprint density at radius 2 is 1.70 bits per heavy atom.